The lowest BCUT2D eigenvalue weighted by molar-refractivity contribution is -0.137. The second-order valence-electron chi connectivity index (χ2n) is 6.91. The van der Waals surface area contributed by atoms with E-state index in [0.29, 0.717) is 19.6 Å². The van der Waals surface area contributed by atoms with E-state index in [1.165, 1.54) is 5.56 Å². The quantitative estimate of drug-likeness (QED) is 0.746. The zero-order chi connectivity index (χ0) is 19.8. The Kier molecular flexibility index (Phi) is 7.03. The lowest BCUT2D eigenvalue weighted by atomic mass is 10.2. The lowest BCUT2D eigenvalue weighted by Crippen LogP contribution is -2.49. The van der Waals surface area contributed by atoms with Gasteiger partial charge in [-0.25, -0.2) is 0 Å². The summed E-state index contributed by atoms with van der Waals surface area (Å²) in [5, 5.41) is 2.81. The molecule has 1 saturated heterocycles. The molecule has 0 aliphatic carbocycles. The van der Waals surface area contributed by atoms with Gasteiger partial charge in [0, 0.05) is 44.8 Å². The summed E-state index contributed by atoms with van der Waals surface area (Å²) in [6.07, 6.45) is -0.117. The van der Waals surface area contributed by atoms with E-state index in [9.17, 15) is 9.59 Å². The van der Waals surface area contributed by atoms with E-state index < -0.39 is 0 Å². The number of nitrogens with one attached hydrogen (secondary N) is 1. The van der Waals surface area contributed by atoms with Gasteiger partial charge in [0.05, 0.1) is 7.11 Å². The average molecular weight is 381 g/mol. The van der Waals surface area contributed by atoms with E-state index >= 15 is 0 Å². The zero-order valence-electron chi connectivity index (χ0n) is 16.3. The maximum absolute atomic E-state index is 12.4. The van der Waals surface area contributed by atoms with E-state index in [-0.39, 0.29) is 18.2 Å². The van der Waals surface area contributed by atoms with E-state index in [1.54, 1.807) is 12.0 Å². The van der Waals surface area contributed by atoms with Crippen molar-refractivity contribution in [3.8, 4) is 5.75 Å². The van der Waals surface area contributed by atoms with Crippen LogP contribution >= 0.6 is 0 Å². The SMILES string of the molecule is COc1ccccc1CNC(=O)CC(=O)N1CCN(Cc2ccccc2)CC1. The number of carbonyl (C=O) groups excluding carboxylic acids is 2. The van der Waals surface area contributed by atoms with Gasteiger partial charge < -0.3 is 15.0 Å². The average Bonchev–Trinajstić information content (AvgIpc) is 2.73. The first-order chi connectivity index (χ1) is 13.7. The van der Waals surface area contributed by atoms with Crippen molar-refractivity contribution < 1.29 is 14.3 Å². The molecule has 1 aliphatic rings. The standard InChI is InChI=1S/C22H27N3O3/c1-28-20-10-6-5-9-19(20)16-23-21(26)15-22(27)25-13-11-24(12-14-25)17-18-7-3-2-4-8-18/h2-10H,11-17H2,1H3,(H,23,26). The third kappa shape index (κ3) is 5.57. The van der Waals surface area contributed by atoms with Gasteiger partial charge in [0.15, 0.2) is 0 Å². The van der Waals surface area contributed by atoms with E-state index in [2.05, 4.69) is 22.3 Å². The van der Waals surface area contributed by atoms with Gasteiger partial charge in [0.1, 0.15) is 12.2 Å². The molecule has 0 atom stereocenters. The molecule has 6 nitrogen and oxygen atoms in total. The molecule has 0 saturated carbocycles. The molecular weight excluding hydrogens is 354 g/mol. The highest BCUT2D eigenvalue weighted by Gasteiger charge is 2.22. The van der Waals surface area contributed by atoms with Crippen LogP contribution in [0.1, 0.15) is 17.5 Å². The van der Waals surface area contributed by atoms with Gasteiger partial charge in [-0.2, -0.15) is 0 Å². The van der Waals surface area contributed by atoms with Gasteiger partial charge in [-0.3, -0.25) is 14.5 Å². The third-order valence-corrected chi connectivity index (χ3v) is 4.95. The molecule has 2 aromatic rings. The topological polar surface area (TPSA) is 61.9 Å². The molecule has 1 aliphatic heterocycles. The van der Waals surface area contributed by atoms with Crippen LogP contribution in [0.3, 0.4) is 0 Å². The smallest absolute Gasteiger partial charge is 0.232 e. The van der Waals surface area contributed by atoms with Crippen LogP contribution in [0, 0.1) is 0 Å². The third-order valence-electron chi connectivity index (χ3n) is 4.95. The Hall–Kier alpha value is -2.86. The van der Waals surface area contributed by atoms with E-state index in [1.807, 2.05) is 42.5 Å². The largest absolute Gasteiger partial charge is 0.496 e. The molecular formula is C22H27N3O3. The van der Waals surface area contributed by atoms with Crippen LogP contribution in [0.2, 0.25) is 0 Å². The summed E-state index contributed by atoms with van der Waals surface area (Å²) in [7, 11) is 1.60. The normalized spacial score (nSPS) is 14.5. The molecule has 0 spiro atoms. The first kappa shape index (κ1) is 19.9. The molecule has 1 N–H and O–H groups in total. The summed E-state index contributed by atoms with van der Waals surface area (Å²) in [5.41, 5.74) is 2.17. The second-order valence-corrected chi connectivity index (χ2v) is 6.91. The predicted octanol–water partition coefficient (Wildman–Crippen LogP) is 2.05. The van der Waals surface area contributed by atoms with Crippen LogP contribution < -0.4 is 10.1 Å². The minimum Gasteiger partial charge on any atom is -0.496 e. The number of amides is 2. The fourth-order valence-corrected chi connectivity index (χ4v) is 3.35. The molecule has 28 heavy (non-hydrogen) atoms. The maximum Gasteiger partial charge on any atom is 0.232 e. The molecule has 0 bridgehead atoms. The number of ether oxygens (including phenoxy) is 1. The molecule has 0 radical (unpaired) electrons. The number of para-hydroxylation sites is 1. The zero-order valence-corrected chi connectivity index (χ0v) is 16.3. The van der Waals surface area contributed by atoms with Crippen molar-refractivity contribution in [2.75, 3.05) is 33.3 Å². The number of piperazine rings is 1. The number of hydrogen-bond acceptors (Lipinski definition) is 4. The Morgan fingerprint density at radius 3 is 2.36 bits per heavy atom. The van der Waals surface area contributed by atoms with Crippen LogP contribution in [-0.4, -0.2) is 54.9 Å². The van der Waals surface area contributed by atoms with Crippen LogP contribution in [-0.2, 0) is 22.7 Å². The highest BCUT2D eigenvalue weighted by molar-refractivity contribution is 5.96. The summed E-state index contributed by atoms with van der Waals surface area (Å²) in [6.45, 7) is 4.20. The Bertz CT molecular complexity index is 787. The van der Waals surface area contributed by atoms with Crippen LogP contribution in [0.15, 0.2) is 54.6 Å². The Labute approximate surface area is 166 Å². The molecule has 2 aromatic carbocycles. The van der Waals surface area contributed by atoms with Crippen LogP contribution in [0.4, 0.5) is 0 Å². The first-order valence-corrected chi connectivity index (χ1v) is 9.58. The predicted molar refractivity (Wildman–Crippen MR) is 108 cm³/mol. The maximum atomic E-state index is 12.4. The minimum atomic E-state index is -0.261. The van der Waals surface area contributed by atoms with Gasteiger partial charge >= 0.3 is 0 Å². The summed E-state index contributed by atoms with van der Waals surface area (Å²) in [6, 6.07) is 17.8. The van der Waals surface area contributed by atoms with Crippen molar-refractivity contribution in [1.29, 1.82) is 0 Å². The van der Waals surface area contributed by atoms with Crippen molar-refractivity contribution >= 4 is 11.8 Å². The fourth-order valence-electron chi connectivity index (χ4n) is 3.35. The first-order valence-electron chi connectivity index (χ1n) is 9.58. The van der Waals surface area contributed by atoms with Gasteiger partial charge in [0.2, 0.25) is 11.8 Å². The molecule has 0 aromatic heterocycles. The molecule has 1 heterocycles. The number of nitrogens with zero attached hydrogens (tertiary/aromatic N) is 2. The summed E-state index contributed by atoms with van der Waals surface area (Å²) < 4.78 is 5.28. The Morgan fingerprint density at radius 1 is 0.964 bits per heavy atom. The van der Waals surface area contributed by atoms with Crippen molar-refractivity contribution in [2.24, 2.45) is 0 Å². The van der Waals surface area contributed by atoms with Crippen molar-refractivity contribution in [3.63, 3.8) is 0 Å². The molecule has 6 heteroatoms. The number of benzene rings is 2. The van der Waals surface area contributed by atoms with Crippen LogP contribution in [0.25, 0.3) is 0 Å². The molecule has 2 amide bonds. The van der Waals surface area contributed by atoms with E-state index in [4.69, 9.17) is 4.74 Å². The second kappa shape index (κ2) is 9.90. The van der Waals surface area contributed by atoms with E-state index in [0.717, 1.165) is 30.9 Å². The Balaban J connectivity index is 1.41. The fraction of sp³-hybridized carbons (Fsp3) is 0.364. The summed E-state index contributed by atoms with van der Waals surface area (Å²) in [4.78, 5) is 28.7. The minimum absolute atomic E-state index is 0.114. The molecule has 0 unspecified atom stereocenters. The van der Waals surface area contributed by atoms with Gasteiger partial charge in [0.25, 0.3) is 0 Å². The highest BCUT2D eigenvalue weighted by atomic mass is 16.5. The molecule has 1 fully saturated rings. The number of rotatable bonds is 7. The molecule has 148 valence electrons. The van der Waals surface area contributed by atoms with Crippen molar-refractivity contribution in [1.82, 2.24) is 15.1 Å². The lowest BCUT2D eigenvalue weighted by Gasteiger charge is -2.34. The van der Waals surface area contributed by atoms with Crippen molar-refractivity contribution in [3.05, 3.63) is 65.7 Å². The monoisotopic (exact) mass is 381 g/mol. The number of methoxy groups -OCH3 is 1. The van der Waals surface area contributed by atoms with Crippen molar-refractivity contribution in [2.45, 2.75) is 19.5 Å². The van der Waals surface area contributed by atoms with Gasteiger partial charge in [-0.1, -0.05) is 48.5 Å². The summed E-state index contributed by atoms with van der Waals surface area (Å²) in [5.74, 6) is 0.350. The molecule has 3 rings (SSSR count). The number of hydrogen-bond donors (Lipinski definition) is 1. The van der Waals surface area contributed by atoms with Crippen LogP contribution in [0.5, 0.6) is 5.75 Å². The summed E-state index contributed by atoms with van der Waals surface area (Å²) >= 11 is 0. The number of carbonyl (C=O) groups is 2. The Morgan fingerprint density at radius 2 is 1.64 bits per heavy atom. The van der Waals surface area contributed by atoms with Gasteiger partial charge in [-0.15, -0.1) is 0 Å². The van der Waals surface area contributed by atoms with Gasteiger partial charge in [-0.05, 0) is 11.6 Å². The highest BCUT2D eigenvalue weighted by Crippen LogP contribution is 2.16.